The number of halogens is 1. The summed E-state index contributed by atoms with van der Waals surface area (Å²) in [5, 5.41) is 8.56. The van der Waals surface area contributed by atoms with E-state index in [-0.39, 0.29) is 5.92 Å². The minimum absolute atomic E-state index is 0.256. The fourth-order valence-electron chi connectivity index (χ4n) is 0.992. The Morgan fingerprint density at radius 2 is 2.20 bits per heavy atom. The zero-order chi connectivity index (χ0) is 7.56. The van der Waals surface area contributed by atoms with E-state index in [1.54, 1.807) is 6.08 Å². The van der Waals surface area contributed by atoms with Crippen molar-refractivity contribution in [2.45, 2.75) is 17.7 Å². The quantitative estimate of drug-likeness (QED) is 0.523. The largest absolute Gasteiger partial charge is 0.481 e. The van der Waals surface area contributed by atoms with Gasteiger partial charge in [-0.1, -0.05) is 28.1 Å². The summed E-state index contributed by atoms with van der Waals surface area (Å²) in [5.74, 6) is -0.968. The van der Waals surface area contributed by atoms with E-state index < -0.39 is 5.97 Å². The Morgan fingerprint density at radius 3 is 2.60 bits per heavy atom. The Bertz CT molecular complexity index is 165. The molecule has 56 valence electrons. The molecule has 2 atom stereocenters. The van der Waals surface area contributed by atoms with Gasteiger partial charge < -0.3 is 5.11 Å². The minimum Gasteiger partial charge on any atom is -0.481 e. The first-order valence-corrected chi connectivity index (χ1v) is 4.17. The molecule has 1 aliphatic rings. The average Bonchev–Trinajstić information content (AvgIpc) is 1.88. The lowest BCUT2D eigenvalue weighted by atomic mass is 9.96. The molecule has 0 spiro atoms. The van der Waals surface area contributed by atoms with Gasteiger partial charge in [0, 0.05) is 4.83 Å². The summed E-state index contributed by atoms with van der Waals surface area (Å²) >= 11 is 3.39. The van der Waals surface area contributed by atoms with Gasteiger partial charge in [-0.2, -0.15) is 0 Å². The van der Waals surface area contributed by atoms with E-state index in [4.69, 9.17) is 5.11 Å². The highest BCUT2D eigenvalue weighted by molar-refractivity contribution is 9.09. The molecular formula is C7H9BrO2. The summed E-state index contributed by atoms with van der Waals surface area (Å²) < 4.78 is 0. The van der Waals surface area contributed by atoms with Crippen molar-refractivity contribution in [3.8, 4) is 0 Å². The lowest BCUT2D eigenvalue weighted by Gasteiger charge is -2.14. The fraction of sp³-hybridized carbons (Fsp3) is 0.571. The number of carbonyl (C=O) groups is 1. The normalized spacial score (nSPS) is 32.1. The van der Waals surface area contributed by atoms with E-state index in [1.807, 2.05) is 6.08 Å². The predicted octanol–water partition coefficient (Wildman–Crippen LogP) is 1.80. The van der Waals surface area contributed by atoms with Gasteiger partial charge in [0.1, 0.15) is 0 Å². The molecule has 1 rings (SSSR count). The molecule has 0 aromatic rings. The molecule has 0 bridgehead atoms. The monoisotopic (exact) mass is 204 g/mol. The maximum atomic E-state index is 10.4. The van der Waals surface area contributed by atoms with Crippen LogP contribution in [-0.4, -0.2) is 15.9 Å². The molecule has 0 unspecified atom stereocenters. The molecule has 1 N–H and O–H groups in total. The predicted molar refractivity (Wildman–Crippen MR) is 42.2 cm³/mol. The molecule has 0 saturated carbocycles. The highest BCUT2D eigenvalue weighted by Gasteiger charge is 2.18. The van der Waals surface area contributed by atoms with Crippen LogP contribution in [-0.2, 0) is 4.79 Å². The number of aliphatic carboxylic acids is 1. The second-order valence-corrected chi connectivity index (χ2v) is 3.60. The molecule has 0 aromatic carbocycles. The molecule has 10 heavy (non-hydrogen) atoms. The van der Waals surface area contributed by atoms with Crippen LogP contribution < -0.4 is 0 Å². The molecule has 0 heterocycles. The van der Waals surface area contributed by atoms with Crippen LogP contribution in [0.2, 0.25) is 0 Å². The van der Waals surface area contributed by atoms with Gasteiger partial charge in [-0.25, -0.2) is 0 Å². The standard InChI is InChI=1S/C7H9BrO2/c8-6-3-1-5(2-4-6)7(9)10/h1,3,5-6H,2,4H2,(H,9,10)/t5-,6-/m0/s1. The van der Waals surface area contributed by atoms with Crippen LogP contribution in [0.5, 0.6) is 0 Å². The van der Waals surface area contributed by atoms with Crippen LogP contribution >= 0.6 is 15.9 Å². The number of rotatable bonds is 1. The van der Waals surface area contributed by atoms with Crippen molar-refractivity contribution in [1.29, 1.82) is 0 Å². The smallest absolute Gasteiger partial charge is 0.310 e. The van der Waals surface area contributed by atoms with Crippen molar-refractivity contribution < 1.29 is 9.90 Å². The summed E-state index contributed by atoms with van der Waals surface area (Å²) in [5.41, 5.74) is 0. The summed E-state index contributed by atoms with van der Waals surface area (Å²) in [6.45, 7) is 0. The zero-order valence-corrected chi connectivity index (χ0v) is 7.04. The topological polar surface area (TPSA) is 37.3 Å². The Balaban J connectivity index is 2.53. The van der Waals surface area contributed by atoms with Gasteiger partial charge in [0.05, 0.1) is 5.92 Å². The Labute approximate surface area is 68.1 Å². The van der Waals surface area contributed by atoms with E-state index in [0.29, 0.717) is 4.83 Å². The molecule has 0 amide bonds. The molecule has 0 fully saturated rings. The van der Waals surface area contributed by atoms with Crippen molar-refractivity contribution in [1.82, 2.24) is 0 Å². The lowest BCUT2D eigenvalue weighted by Crippen LogP contribution is -2.16. The summed E-state index contributed by atoms with van der Waals surface area (Å²) in [6, 6.07) is 0. The van der Waals surface area contributed by atoms with Crippen LogP contribution in [0, 0.1) is 5.92 Å². The number of hydrogen-bond acceptors (Lipinski definition) is 1. The van der Waals surface area contributed by atoms with Gasteiger partial charge in [-0.15, -0.1) is 0 Å². The summed E-state index contributed by atoms with van der Waals surface area (Å²) in [4.78, 5) is 10.8. The van der Waals surface area contributed by atoms with Crippen molar-refractivity contribution >= 4 is 21.9 Å². The highest BCUT2D eigenvalue weighted by atomic mass is 79.9. The van der Waals surface area contributed by atoms with E-state index in [0.717, 1.165) is 12.8 Å². The first-order valence-electron chi connectivity index (χ1n) is 3.25. The van der Waals surface area contributed by atoms with Gasteiger partial charge in [-0.3, -0.25) is 4.79 Å². The van der Waals surface area contributed by atoms with E-state index >= 15 is 0 Å². The van der Waals surface area contributed by atoms with Crippen LogP contribution in [0.1, 0.15) is 12.8 Å². The fourth-order valence-corrected chi connectivity index (χ4v) is 1.43. The van der Waals surface area contributed by atoms with Gasteiger partial charge in [-0.05, 0) is 12.8 Å². The minimum atomic E-state index is -0.712. The van der Waals surface area contributed by atoms with Gasteiger partial charge in [0.2, 0.25) is 0 Å². The van der Waals surface area contributed by atoms with Crippen LogP contribution in [0.3, 0.4) is 0 Å². The number of carboxylic acid groups (broad SMARTS) is 1. The van der Waals surface area contributed by atoms with Crippen molar-refractivity contribution in [3.63, 3.8) is 0 Å². The third-order valence-electron chi connectivity index (χ3n) is 1.62. The first-order chi connectivity index (χ1) is 4.70. The Kier molecular flexibility index (Phi) is 2.49. The second kappa shape index (κ2) is 3.19. The highest BCUT2D eigenvalue weighted by Crippen LogP contribution is 2.22. The first kappa shape index (κ1) is 7.79. The number of carboxylic acids is 1. The average molecular weight is 205 g/mol. The van der Waals surface area contributed by atoms with Crippen molar-refractivity contribution in [2.24, 2.45) is 5.92 Å². The van der Waals surface area contributed by atoms with Gasteiger partial charge in [0.25, 0.3) is 0 Å². The molecular weight excluding hydrogens is 196 g/mol. The Hall–Kier alpha value is -0.310. The Morgan fingerprint density at radius 1 is 1.50 bits per heavy atom. The van der Waals surface area contributed by atoms with E-state index in [2.05, 4.69) is 15.9 Å². The zero-order valence-electron chi connectivity index (χ0n) is 5.46. The second-order valence-electron chi connectivity index (χ2n) is 2.42. The van der Waals surface area contributed by atoms with Gasteiger partial charge in [0.15, 0.2) is 0 Å². The lowest BCUT2D eigenvalue weighted by molar-refractivity contribution is -0.140. The molecule has 0 aliphatic heterocycles. The maximum Gasteiger partial charge on any atom is 0.310 e. The van der Waals surface area contributed by atoms with Crippen LogP contribution in [0.15, 0.2) is 12.2 Å². The summed E-state index contributed by atoms with van der Waals surface area (Å²) in [6.07, 6.45) is 5.34. The molecule has 0 radical (unpaired) electrons. The van der Waals surface area contributed by atoms with Crippen molar-refractivity contribution in [3.05, 3.63) is 12.2 Å². The summed E-state index contributed by atoms with van der Waals surface area (Å²) in [7, 11) is 0. The van der Waals surface area contributed by atoms with Gasteiger partial charge >= 0.3 is 5.97 Å². The molecule has 3 heteroatoms. The number of allylic oxidation sites excluding steroid dienone is 1. The molecule has 0 saturated heterocycles. The van der Waals surface area contributed by atoms with E-state index in [1.165, 1.54) is 0 Å². The third kappa shape index (κ3) is 1.84. The molecule has 1 aliphatic carbocycles. The number of alkyl halides is 1. The van der Waals surface area contributed by atoms with Crippen LogP contribution in [0.4, 0.5) is 0 Å². The molecule has 0 aromatic heterocycles. The third-order valence-corrected chi connectivity index (χ3v) is 2.39. The maximum absolute atomic E-state index is 10.4. The SMILES string of the molecule is O=C(O)[C@H]1C=C[C@H](Br)CC1. The van der Waals surface area contributed by atoms with E-state index in [9.17, 15) is 4.79 Å². The number of hydrogen-bond donors (Lipinski definition) is 1. The van der Waals surface area contributed by atoms with Crippen molar-refractivity contribution in [2.75, 3.05) is 0 Å². The van der Waals surface area contributed by atoms with Crippen LogP contribution in [0.25, 0.3) is 0 Å². The molecule has 2 nitrogen and oxygen atoms in total.